The summed E-state index contributed by atoms with van der Waals surface area (Å²) in [5.74, 6) is 0.726. The van der Waals surface area contributed by atoms with Crippen LogP contribution in [0.25, 0.3) is 0 Å². The second kappa shape index (κ2) is 5.27. The normalized spacial score (nSPS) is 17.1. The van der Waals surface area contributed by atoms with Gasteiger partial charge in [0.15, 0.2) is 0 Å². The Bertz CT molecular complexity index is 338. The molecule has 1 saturated carbocycles. The van der Waals surface area contributed by atoms with Gasteiger partial charge in [0, 0.05) is 36.2 Å². The van der Waals surface area contributed by atoms with Gasteiger partial charge in [0.05, 0.1) is 0 Å². The lowest BCUT2D eigenvalue weighted by molar-refractivity contribution is 0.175. The van der Waals surface area contributed by atoms with E-state index in [4.69, 9.17) is 4.74 Å². The molecule has 0 atom stereocenters. The van der Waals surface area contributed by atoms with Crippen molar-refractivity contribution in [1.29, 1.82) is 0 Å². The molecule has 1 heterocycles. The zero-order chi connectivity index (χ0) is 11.4. The van der Waals surface area contributed by atoms with Crippen molar-refractivity contribution in [2.45, 2.75) is 19.3 Å². The quantitative estimate of drug-likeness (QED) is 0.812. The maximum atomic E-state index is 5.13. The predicted octanol–water partition coefficient (Wildman–Crippen LogP) is 2.31. The molecule has 2 rings (SSSR count). The first-order valence-electron chi connectivity index (χ1n) is 5.44. The minimum atomic E-state index is 0.433. The van der Waals surface area contributed by atoms with Crippen LogP contribution in [0, 0.1) is 8.99 Å². The van der Waals surface area contributed by atoms with Crippen LogP contribution in [0.4, 0.5) is 5.95 Å². The lowest BCUT2D eigenvalue weighted by Crippen LogP contribution is -2.18. The second-order valence-corrected chi connectivity index (χ2v) is 5.57. The molecule has 0 saturated heterocycles. The average Bonchev–Trinajstić information content (AvgIpc) is 3.07. The summed E-state index contributed by atoms with van der Waals surface area (Å²) >= 11 is 2.20. The highest BCUT2D eigenvalue weighted by Gasteiger charge is 2.41. The van der Waals surface area contributed by atoms with Gasteiger partial charge in [-0.1, -0.05) is 0 Å². The Hall–Kier alpha value is -0.430. The molecule has 1 N–H and O–H groups in total. The third-order valence-corrected chi connectivity index (χ3v) is 3.59. The topological polar surface area (TPSA) is 47.0 Å². The SMILES string of the molecule is COCCC1(CNc2ncc(I)cn2)CC1. The summed E-state index contributed by atoms with van der Waals surface area (Å²) in [7, 11) is 1.76. The van der Waals surface area contributed by atoms with E-state index in [9.17, 15) is 0 Å². The molecule has 1 aliphatic carbocycles. The molecular weight excluding hydrogens is 317 g/mol. The first-order valence-corrected chi connectivity index (χ1v) is 6.52. The largest absolute Gasteiger partial charge is 0.385 e. The molecule has 0 unspecified atom stereocenters. The van der Waals surface area contributed by atoms with E-state index in [1.165, 1.54) is 12.8 Å². The van der Waals surface area contributed by atoms with Gasteiger partial charge >= 0.3 is 0 Å². The van der Waals surface area contributed by atoms with Gasteiger partial charge in [0.2, 0.25) is 5.95 Å². The number of rotatable bonds is 6. The molecule has 5 heteroatoms. The molecule has 0 aromatic carbocycles. The van der Waals surface area contributed by atoms with Gasteiger partial charge in [-0.25, -0.2) is 9.97 Å². The van der Waals surface area contributed by atoms with Crippen LogP contribution in [0.5, 0.6) is 0 Å². The molecule has 1 aliphatic rings. The Morgan fingerprint density at radius 2 is 2.12 bits per heavy atom. The zero-order valence-corrected chi connectivity index (χ0v) is 11.5. The summed E-state index contributed by atoms with van der Waals surface area (Å²) in [5.41, 5.74) is 0.433. The van der Waals surface area contributed by atoms with E-state index >= 15 is 0 Å². The molecule has 1 fully saturated rings. The van der Waals surface area contributed by atoms with E-state index in [1.807, 2.05) is 12.4 Å². The van der Waals surface area contributed by atoms with E-state index in [0.29, 0.717) is 5.41 Å². The number of nitrogens with one attached hydrogen (secondary N) is 1. The smallest absolute Gasteiger partial charge is 0.222 e. The van der Waals surface area contributed by atoms with Crippen LogP contribution in [-0.2, 0) is 4.74 Å². The molecular formula is C11H16IN3O. The van der Waals surface area contributed by atoms with Crippen LogP contribution in [0.2, 0.25) is 0 Å². The lowest BCUT2D eigenvalue weighted by atomic mass is 10.0. The van der Waals surface area contributed by atoms with Crippen LogP contribution in [0.3, 0.4) is 0 Å². The Labute approximate surface area is 109 Å². The van der Waals surface area contributed by atoms with E-state index in [1.54, 1.807) is 7.11 Å². The third-order valence-electron chi connectivity index (χ3n) is 3.04. The summed E-state index contributed by atoms with van der Waals surface area (Å²) in [5, 5.41) is 3.30. The van der Waals surface area contributed by atoms with E-state index in [2.05, 4.69) is 37.9 Å². The van der Waals surface area contributed by atoms with Crippen LogP contribution in [0.15, 0.2) is 12.4 Å². The minimum Gasteiger partial charge on any atom is -0.385 e. The fourth-order valence-corrected chi connectivity index (χ4v) is 1.96. The van der Waals surface area contributed by atoms with Gasteiger partial charge in [-0.2, -0.15) is 0 Å². The van der Waals surface area contributed by atoms with Crippen molar-refractivity contribution >= 4 is 28.5 Å². The van der Waals surface area contributed by atoms with Gasteiger partial charge in [-0.05, 0) is 47.3 Å². The monoisotopic (exact) mass is 333 g/mol. The number of aromatic nitrogens is 2. The van der Waals surface area contributed by atoms with Crippen molar-refractivity contribution in [1.82, 2.24) is 9.97 Å². The summed E-state index contributed by atoms with van der Waals surface area (Å²) < 4.78 is 6.18. The highest BCUT2D eigenvalue weighted by Crippen LogP contribution is 2.48. The van der Waals surface area contributed by atoms with Gasteiger partial charge < -0.3 is 10.1 Å². The summed E-state index contributed by atoms with van der Waals surface area (Å²) in [6, 6.07) is 0. The Balaban J connectivity index is 1.81. The molecule has 4 nitrogen and oxygen atoms in total. The predicted molar refractivity (Wildman–Crippen MR) is 71.4 cm³/mol. The first-order chi connectivity index (χ1) is 7.74. The van der Waals surface area contributed by atoms with Crippen LogP contribution < -0.4 is 5.32 Å². The average molecular weight is 333 g/mol. The van der Waals surface area contributed by atoms with Crippen molar-refractivity contribution in [3.8, 4) is 0 Å². The number of ether oxygens (including phenoxy) is 1. The van der Waals surface area contributed by atoms with Gasteiger partial charge in [-0.15, -0.1) is 0 Å². The summed E-state index contributed by atoms with van der Waals surface area (Å²) in [4.78, 5) is 8.46. The first kappa shape index (κ1) is 12.0. The lowest BCUT2D eigenvalue weighted by Gasteiger charge is -2.15. The van der Waals surface area contributed by atoms with E-state index in [0.717, 1.165) is 29.1 Å². The molecule has 0 spiro atoms. The summed E-state index contributed by atoms with van der Waals surface area (Å²) in [6.07, 6.45) is 7.34. The molecule has 0 radical (unpaired) electrons. The van der Waals surface area contributed by atoms with Gasteiger partial charge in [0.25, 0.3) is 0 Å². The van der Waals surface area contributed by atoms with Crippen molar-refractivity contribution in [2.75, 3.05) is 25.6 Å². The van der Waals surface area contributed by atoms with Gasteiger partial charge in [0.1, 0.15) is 0 Å². The number of anilines is 1. The van der Waals surface area contributed by atoms with Crippen molar-refractivity contribution in [3.05, 3.63) is 16.0 Å². The van der Waals surface area contributed by atoms with Crippen LogP contribution in [-0.4, -0.2) is 30.2 Å². The molecule has 0 amide bonds. The van der Waals surface area contributed by atoms with Crippen molar-refractivity contribution < 1.29 is 4.74 Å². The molecule has 0 bridgehead atoms. The number of hydrogen-bond acceptors (Lipinski definition) is 4. The van der Waals surface area contributed by atoms with Crippen LogP contribution >= 0.6 is 22.6 Å². The highest BCUT2D eigenvalue weighted by atomic mass is 127. The maximum Gasteiger partial charge on any atom is 0.222 e. The molecule has 16 heavy (non-hydrogen) atoms. The number of methoxy groups -OCH3 is 1. The van der Waals surface area contributed by atoms with Crippen molar-refractivity contribution in [3.63, 3.8) is 0 Å². The molecule has 1 aromatic rings. The second-order valence-electron chi connectivity index (χ2n) is 4.32. The molecule has 88 valence electrons. The van der Waals surface area contributed by atoms with E-state index in [-0.39, 0.29) is 0 Å². The minimum absolute atomic E-state index is 0.433. The Morgan fingerprint density at radius 1 is 1.44 bits per heavy atom. The fourth-order valence-electron chi connectivity index (χ4n) is 1.68. The van der Waals surface area contributed by atoms with Gasteiger partial charge in [-0.3, -0.25) is 0 Å². The zero-order valence-electron chi connectivity index (χ0n) is 9.37. The number of halogens is 1. The van der Waals surface area contributed by atoms with E-state index < -0.39 is 0 Å². The standard InChI is InChI=1S/C11H16IN3O/c1-16-5-4-11(2-3-11)8-15-10-13-6-9(12)7-14-10/h6-7H,2-5,8H2,1H3,(H,13,14,15). The highest BCUT2D eigenvalue weighted by molar-refractivity contribution is 14.1. The molecule has 1 aromatic heterocycles. The van der Waals surface area contributed by atoms with Crippen LogP contribution in [0.1, 0.15) is 19.3 Å². The number of nitrogens with zero attached hydrogens (tertiary/aromatic N) is 2. The fraction of sp³-hybridized carbons (Fsp3) is 0.636. The third kappa shape index (κ3) is 3.28. The number of hydrogen-bond donors (Lipinski definition) is 1. The Kier molecular flexibility index (Phi) is 3.96. The Morgan fingerprint density at radius 3 is 2.69 bits per heavy atom. The molecule has 0 aliphatic heterocycles. The maximum absolute atomic E-state index is 5.13. The summed E-state index contributed by atoms with van der Waals surface area (Å²) in [6.45, 7) is 1.80. The van der Waals surface area contributed by atoms with Crippen molar-refractivity contribution in [2.24, 2.45) is 5.41 Å².